The van der Waals surface area contributed by atoms with Crippen molar-refractivity contribution in [2.24, 2.45) is 5.10 Å². The fourth-order valence-corrected chi connectivity index (χ4v) is 20.1. The van der Waals surface area contributed by atoms with Crippen molar-refractivity contribution in [1.82, 2.24) is 24.9 Å². The van der Waals surface area contributed by atoms with Gasteiger partial charge in [-0.15, -0.1) is 155 Å². The van der Waals surface area contributed by atoms with Crippen LogP contribution in [0.3, 0.4) is 0 Å². The second-order valence-electron chi connectivity index (χ2n) is 34.1. The summed E-state index contributed by atoms with van der Waals surface area (Å²) in [6.45, 7) is 23.3. The predicted octanol–water partition coefficient (Wildman–Crippen LogP) is 20.7. The van der Waals surface area contributed by atoms with E-state index in [-0.39, 0.29) is 83.7 Å². The second-order valence-corrected chi connectivity index (χ2v) is 34.1. The topological polar surface area (TPSA) is 80.2 Å². The molecule has 0 spiro atoms. The number of hydrogen-bond donors (Lipinski definition) is 0. The minimum Gasteiger partial charge on any atom is -0.508 e. The number of aryl methyl sites for hydroxylation is 3. The summed E-state index contributed by atoms with van der Waals surface area (Å²) in [7, 11) is 4.04. The number of hydrazone groups is 1. The Morgan fingerprint density at radius 3 is 0.854 bits per heavy atom. The zero-order chi connectivity index (χ0) is 85.7. The van der Waals surface area contributed by atoms with E-state index in [1.54, 1.807) is 0 Å². The molecule has 3 aromatic heterocycles. The number of hydrogen-bond acceptors (Lipinski definition) is 13. The quantitative estimate of drug-likeness (QED) is 0.113. The van der Waals surface area contributed by atoms with Crippen molar-refractivity contribution in [1.29, 1.82) is 0 Å². The molecule has 0 amide bonds. The standard InChI is InChI=1S/C41H30BN4.C36H28BN4.C34H25BN5.3Pt/c1-27-21-22-43-39(23-27)30-17-19-35-33-13-7-9-15-37(33)42-38-16-10-8-14-34(38)36-20-18-32(25-41(36)46(42)40(35)24-30)45-26-44(28(2)29(45)3)31-11-5-4-6-12-31;1-23-17-18-38-34(19-23)26-13-15-30-28-9-5-7-11-32(28)37-33-12-8-6-10-29(33)31-16-14-27(21-36(31)41(37)35(30)20-26)40-22-39(4)24(2)25(40)3;1-22-16-17-36-32(18-22)24-12-14-28-26-8-4-6-10-30(26)35-31-11-7-5-9-27(31)29-15-13-25(39-21-38(3)37-23(39)2)20-34(29)40(35)33(28)19-24;;;/h4-23,26H,1-3H3;5-19,22H,1-4H3;4-18,21H,1-3H3;;;/q3*-3;;;. The molecule has 0 aliphatic carbocycles. The molecule has 0 saturated heterocycles. The Balaban J connectivity index is 0.000000121. The van der Waals surface area contributed by atoms with Crippen LogP contribution in [0.25, 0.3) is 101 Å². The van der Waals surface area contributed by atoms with Gasteiger partial charge in [-0.1, -0.05) is 316 Å². The van der Waals surface area contributed by atoms with Gasteiger partial charge in [0.2, 0.25) is 0 Å². The van der Waals surface area contributed by atoms with Crippen molar-refractivity contribution in [3.63, 3.8) is 0 Å². The summed E-state index contributed by atoms with van der Waals surface area (Å²) >= 11 is 0. The summed E-state index contributed by atoms with van der Waals surface area (Å²) in [5.41, 5.74) is 46.8. The molecule has 0 radical (unpaired) electrons. The van der Waals surface area contributed by atoms with E-state index in [0.29, 0.717) is 0 Å². The predicted molar refractivity (Wildman–Crippen MR) is 524 cm³/mol. The molecule has 0 saturated carbocycles. The maximum absolute atomic E-state index is 4.72. The first-order valence-corrected chi connectivity index (χ1v) is 43.4. The number of fused-ring (bicyclic) bond motifs is 33. The molecule has 9 aliphatic rings. The van der Waals surface area contributed by atoms with Crippen molar-refractivity contribution in [2.45, 2.75) is 55.4 Å². The van der Waals surface area contributed by atoms with Gasteiger partial charge in [0.05, 0.1) is 5.84 Å². The van der Waals surface area contributed by atoms with Gasteiger partial charge in [-0.25, -0.2) is 0 Å². The Kier molecular flexibility index (Phi) is 22.3. The number of aromatic nitrogens is 3. The third kappa shape index (κ3) is 14.1. The molecule has 130 heavy (non-hydrogen) atoms. The van der Waals surface area contributed by atoms with E-state index in [9.17, 15) is 0 Å². The average molecular weight is 2220 g/mol. The van der Waals surface area contributed by atoms with Gasteiger partial charge in [0.1, 0.15) is 0 Å². The van der Waals surface area contributed by atoms with Crippen LogP contribution >= 0.6 is 0 Å². The van der Waals surface area contributed by atoms with Crippen LogP contribution in [-0.2, 0) is 63.2 Å². The Labute approximate surface area is 806 Å². The number of amidine groups is 1. The molecular weight excluding hydrogens is 2130 g/mol. The number of para-hydroxylation sites is 1. The van der Waals surface area contributed by atoms with E-state index in [1.807, 2.05) is 62.4 Å². The Morgan fingerprint density at radius 2 is 0.546 bits per heavy atom. The first kappa shape index (κ1) is 85.0. The molecule has 0 atom stereocenters. The van der Waals surface area contributed by atoms with E-state index >= 15 is 0 Å². The Hall–Kier alpha value is -13.1. The first-order chi connectivity index (χ1) is 62.1. The van der Waals surface area contributed by atoms with E-state index in [4.69, 9.17) is 9.97 Å². The van der Waals surface area contributed by atoms with Gasteiger partial charge in [0.25, 0.3) is 0 Å². The molecule has 9 aliphatic heterocycles. The molecule has 640 valence electrons. The largest absolute Gasteiger partial charge is 0.508 e. The van der Waals surface area contributed by atoms with Gasteiger partial charge in [0.15, 0.2) is 0 Å². The molecule has 25 rings (SSSR count). The zero-order valence-corrected chi connectivity index (χ0v) is 79.9. The van der Waals surface area contributed by atoms with Crippen LogP contribution in [0.2, 0.25) is 0 Å². The van der Waals surface area contributed by atoms with Gasteiger partial charge in [-0.05, 0) is 123 Å². The third-order valence-corrected chi connectivity index (χ3v) is 26.5. The van der Waals surface area contributed by atoms with Crippen molar-refractivity contribution in [3.05, 3.63) is 400 Å². The molecule has 0 bridgehead atoms. The van der Waals surface area contributed by atoms with E-state index in [0.717, 1.165) is 108 Å². The molecule has 13 aromatic carbocycles. The van der Waals surface area contributed by atoms with Crippen LogP contribution in [0.4, 0.5) is 56.9 Å². The van der Waals surface area contributed by atoms with Gasteiger partial charge in [-0.2, -0.15) is 30.0 Å². The molecule has 19 heteroatoms. The summed E-state index contributed by atoms with van der Waals surface area (Å²) < 4.78 is 0. The Morgan fingerprint density at radius 1 is 0.262 bits per heavy atom. The summed E-state index contributed by atoms with van der Waals surface area (Å²) in [4.78, 5) is 32.5. The summed E-state index contributed by atoms with van der Waals surface area (Å²) in [6, 6.07) is 125. The van der Waals surface area contributed by atoms with Crippen LogP contribution in [0.15, 0.2) is 332 Å². The van der Waals surface area contributed by atoms with Gasteiger partial charge >= 0.3 is 20.5 Å². The van der Waals surface area contributed by atoms with Crippen molar-refractivity contribution < 1.29 is 63.2 Å². The maximum atomic E-state index is 4.72. The van der Waals surface area contributed by atoms with Crippen LogP contribution < -0.4 is 66.8 Å². The summed E-state index contributed by atoms with van der Waals surface area (Å²) in [5, 5.41) is 6.40. The number of allylic oxidation sites excluding steroid dienone is 4. The van der Waals surface area contributed by atoms with Gasteiger partial charge in [0, 0.05) is 105 Å². The molecule has 0 N–H and O–H groups in total. The second kappa shape index (κ2) is 34.1. The van der Waals surface area contributed by atoms with Crippen LogP contribution in [0.5, 0.6) is 0 Å². The smallest absolute Gasteiger partial charge is 0.324 e. The number of anilines is 10. The van der Waals surface area contributed by atoms with Crippen LogP contribution in [0.1, 0.15) is 51.3 Å². The first-order valence-electron chi connectivity index (χ1n) is 43.4. The SMILES string of the molecule is CC1=C(C)N(c2[c-]c3c(cc2)-c2ccccc2B2c4ccccc4-c4ccc(-c5cc(C)ccn5)[c-]c4N23)[CH-]N1C.CC1=C(C)N(c2ccccc2)[CH-]N1c1[c-]c2c(cc1)-c1ccccc1B1c3ccccc3-c3ccc(-c4cc(C)ccn4)[c-]c3N12.CC1=NN(C)[CH-]N1c1[c-]c2c(cc1)-c1ccccc1B1c3ccccc3-c3ccc(-c4cc(C)ccn4)[c-]c3N12.[Pt].[Pt].[Pt]. The minimum atomic E-state index is -0.0161. The fourth-order valence-electron chi connectivity index (χ4n) is 20.1. The normalized spacial score (nSPS) is 14.4. The molecule has 13 nitrogen and oxygen atoms in total. The van der Waals surface area contributed by atoms with Crippen molar-refractivity contribution in [3.8, 4) is 101 Å². The maximum Gasteiger partial charge on any atom is 0.324 e. The van der Waals surface area contributed by atoms with E-state index in [2.05, 4.69) is 421 Å². The fraction of sp³-hybridized carbons (Fsp3) is 0.0901. The number of benzene rings is 13. The molecule has 16 aromatic rings. The van der Waals surface area contributed by atoms with E-state index < -0.39 is 0 Å². The van der Waals surface area contributed by atoms with Crippen LogP contribution in [0, 0.1) is 77.2 Å². The number of pyridine rings is 3. The van der Waals surface area contributed by atoms with E-state index in [1.165, 1.54) is 128 Å². The number of rotatable bonds is 7. The zero-order valence-electron chi connectivity index (χ0n) is 73.1. The molecule has 0 fully saturated rings. The van der Waals surface area contributed by atoms with Crippen molar-refractivity contribution in [2.75, 3.05) is 48.1 Å². The van der Waals surface area contributed by atoms with Crippen LogP contribution in [-0.4, -0.2) is 65.3 Å². The Bertz CT molecular complexity index is 7360. The van der Waals surface area contributed by atoms with Gasteiger partial charge < -0.3 is 58.9 Å². The summed E-state index contributed by atoms with van der Waals surface area (Å²) in [5.74, 6) is 0.912. The summed E-state index contributed by atoms with van der Waals surface area (Å²) in [6.07, 6.45) is 5.63. The minimum absolute atomic E-state index is 0. The average Bonchev–Trinajstić information content (AvgIpc) is 1.51. The molecule has 12 heterocycles. The van der Waals surface area contributed by atoms with Gasteiger partial charge in [-0.3, -0.25) is 0 Å². The molecular formula is C111H83B3N13Pt3-9. The third-order valence-electron chi connectivity index (χ3n) is 26.5. The molecule has 0 unspecified atom stereocenters. The monoisotopic (exact) mass is 2220 g/mol. The van der Waals surface area contributed by atoms with Crippen molar-refractivity contribution >= 4 is 116 Å². The number of nitrogens with zero attached hydrogens (tertiary/aromatic N) is 13.